The third kappa shape index (κ3) is 5.61. The van der Waals surface area contributed by atoms with Gasteiger partial charge in [0.25, 0.3) is 5.91 Å². The first kappa shape index (κ1) is 16.5. The molecule has 0 radical (unpaired) electrons. The van der Waals surface area contributed by atoms with Crippen LogP contribution in [0.2, 0.25) is 0 Å². The van der Waals surface area contributed by atoms with Gasteiger partial charge in [-0.2, -0.15) is 0 Å². The number of phenols is 1. The third-order valence-electron chi connectivity index (χ3n) is 2.55. The minimum atomic E-state index is -0.315. The summed E-state index contributed by atoms with van der Waals surface area (Å²) >= 11 is 3.14. The number of aromatic hydroxyl groups is 1. The van der Waals surface area contributed by atoms with Gasteiger partial charge in [0.2, 0.25) is 5.91 Å². The number of carbonyl (C=O) groups excluding carboxylic acids is 2. The van der Waals surface area contributed by atoms with E-state index in [-0.39, 0.29) is 30.5 Å². The van der Waals surface area contributed by atoms with Crippen LogP contribution in [0.25, 0.3) is 0 Å². The highest BCUT2D eigenvalue weighted by molar-refractivity contribution is 9.10. The number of halogens is 1. The van der Waals surface area contributed by atoms with Crippen molar-refractivity contribution < 1.29 is 14.7 Å². The molecule has 0 fully saturated rings. The molecule has 2 amide bonds. The summed E-state index contributed by atoms with van der Waals surface area (Å²) in [6, 6.07) is 4.57. The van der Waals surface area contributed by atoms with Gasteiger partial charge in [0.05, 0.1) is 4.47 Å². The Morgan fingerprint density at radius 2 is 2.00 bits per heavy atom. The van der Waals surface area contributed by atoms with E-state index in [0.29, 0.717) is 22.5 Å². The van der Waals surface area contributed by atoms with Gasteiger partial charge < -0.3 is 15.7 Å². The summed E-state index contributed by atoms with van der Waals surface area (Å²) in [6.07, 6.45) is 0.237. The molecule has 5 nitrogen and oxygen atoms in total. The van der Waals surface area contributed by atoms with E-state index >= 15 is 0 Å². The van der Waals surface area contributed by atoms with Crippen molar-refractivity contribution in [1.29, 1.82) is 0 Å². The molecule has 0 atom stereocenters. The van der Waals surface area contributed by atoms with Gasteiger partial charge in [-0.25, -0.2) is 0 Å². The summed E-state index contributed by atoms with van der Waals surface area (Å²) in [6.45, 7) is 4.93. The fourth-order valence-electron chi connectivity index (χ4n) is 1.45. The zero-order valence-corrected chi connectivity index (χ0v) is 13.2. The maximum atomic E-state index is 11.8. The summed E-state index contributed by atoms with van der Waals surface area (Å²) < 4.78 is 0.530. The summed E-state index contributed by atoms with van der Waals surface area (Å²) in [5.74, 6) is 0.00808. The lowest BCUT2D eigenvalue weighted by Crippen LogP contribution is -2.32. The van der Waals surface area contributed by atoms with E-state index in [0.717, 1.165) is 0 Å². The smallest absolute Gasteiger partial charge is 0.251 e. The standard InChI is InChI=1S/C14H19BrN2O3/c1-9(2)8-17-13(19)5-6-16-14(20)10-3-4-11(15)12(18)7-10/h3-4,7,9,18H,5-6,8H2,1-2H3,(H,16,20)(H,17,19). The van der Waals surface area contributed by atoms with E-state index in [9.17, 15) is 14.7 Å². The van der Waals surface area contributed by atoms with Gasteiger partial charge in [-0.3, -0.25) is 9.59 Å². The van der Waals surface area contributed by atoms with E-state index in [2.05, 4.69) is 26.6 Å². The maximum Gasteiger partial charge on any atom is 0.251 e. The van der Waals surface area contributed by atoms with Gasteiger partial charge in [-0.1, -0.05) is 13.8 Å². The average molecular weight is 343 g/mol. The van der Waals surface area contributed by atoms with Crippen LogP contribution in [0, 0.1) is 5.92 Å². The number of amides is 2. The largest absolute Gasteiger partial charge is 0.507 e. The normalized spacial score (nSPS) is 10.4. The highest BCUT2D eigenvalue weighted by Crippen LogP contribution is 2.24. The van der Waals surface area contributed by atoms with E-state index in [1.807, 2.05) is 13.8 Å². The maximum absolute atomic E-state index is 11.8. The summed E-state index contributed by atoms with van der Waals surface area (Å²) in [5.41, 5.74) is 0.355. The van der Waals surface area contributed by atoms with Crippen LogP contribution in [-0.4, -0.2) is 30.0 Å². The van der Waals surface area contributed by atoms with E-state index in [1.165, 1.54) is 6.07 Å². The van der Waals surface area contributed by atoms with Crippen LogP contribution < -0.4 is 10.6 Å². The fourth-order valence-corrected chi connectivity index (χ4v) is 1.70. The molecule has 0 saturated heterocycles. The number of benzene rings is 1. The van der Waals surface area contributed by atoms with Gasteiger partial charge in [-0.15, -0.1) is 0 Å². The molecule has 6 heteroatoms. The van der Waals surface area contributed by atoms with Crippen LogP contribution in [0.1, 0.15) is 30.6 Å². The molecule has 0 aromatic heterocycles. The second-order valence-corrected chi connectivity index (χ2v) is 5.72. The van der Waals surface area contributed by atoms with Gasteiger partial charge in [0.1, 0.15) is 5.75 Å². The molecule has 0 unspecified atom stereocenters. The van der Waals surface area contributed by atoms with Crippen molar-refractivity contribution in [2.24, 2.45) is 5.92 Å². The minimum Gasteiger partial charge on any atom is -0.507 e. The lowest BCUT2D eigenvalue weighted by molar-refractivity contribution is -0.121. The predicted molar refractivity (Wildman–Crippen MR) is 80.6 cm³/mol. The molecule has 0 spiro atoms. The Labute approximate surface area is 126 Å². The monoisotopic (exact) mass is 342 g/mol. The van der Waals surface area contributed by atoms with Gasteiger partial charge in [0, 0.05) is 25.1 Å². The van der Waals surface area contributed by atoms with Gasteiger partial charge in [-0.05, 0) is 40.0 Å². The molecule has 1 aromatic carbocycles. The summed E-state index contributed by atoms with van der Waals surface area (Å²) in [7, 11) is 0. The molecule has 0 heterocycles. The molecule has 1 aromatic rings. The molecular weight excluding hydrogens is 324 g/mol. The second-order valence-electron chi connectivity index (χ2n) is 4.87. The van der Waals surface area contributed by atoms with Crippen LogP contribution in [0.15, 0.2) is 22.7 Å². The average Bonchev–Trinajstić information content (AvgIpc) is 2.39. The first-order chi connectivity index (χ1) is 9.40. The number of carbonyl (C=O) groups is 2. The zero-order chi connectivity index (χ0) is 15.1. The SMILES string of the molecule is CC(C)CNC(=O)CCNC(=O)c1ccc(Br)c(O)c1. The van der Waals surface area contributed by atoms with Gasteiger partial charge in [0.15, 0.2) is 0 Å². The lowest BCUT2D eigenvalue weighted by Gasteiger charge is -2.08. The van der Waals surface area contributed by atoms with Crippen molar-refractivity contribution in [1.82, 2.24) is 10.6 Å². The molecule has 110 valence electrons. The van der Waals surface area contributed by atoms with Crippen LogP contribution in [0.5, 0.6) is 5.75 Å². The lowest BCUT2D eigenvalue weighted by atomic mass is 10.2. The van der Waals surface area contributed by atoms with Crippen LogP contribution in [0.4, 0.5) is 0 Å². The zero-order valence-electron chi connectivity index (χ0n) is 11.6. The molecule has 0 aliphatic carbocycles. The van der Waals surface area contributed by atoms with Crippen LogP contribution in [-0.2, 0) is 4.79 Å². The minimum absolute atomic E-state index is 0.00678. The van der Waals surface area contributed by atoms with E-state index in [4.69, 9.17) is 0 Å². The number of hydrogen-bond acceptors (Lipinski definition) is 3. The Morgan fingerprint density at radius 1 is 1.30 bits per heavy atom. The molecule has 0 saturated carbocycles. The second kappa shape index (κ2) is 7.89. The van der Waals surface area contributed by atoms with Crippen molar-refractivity contribution in [3.63, 3.8) is 0 Å². The first-order valence-corrected chi connectivity index (χ1v) is 7.23. The van der Waals surface area contributed by atoms with Crippen molar-refractivity contribution in [3.8, 4) is 5.75 Å². The van der Waals surface area contributed by atoms with Crippen LogP contribution >= 0.6 is 15.9 Å². The Morgan fingerprint density at radius 3 is 2.60 bits per heavy atom. The van der Waals surface area contributed by atoms with Crippen molar-refractivity contribution >= 4 is 27.7 Å². The molecule has 20 heavy (non-hydrogen) atoms. The summed E-state index contributed by atoms with van der Waals surface area (Å²) in [5, 5.41) is 14.9. The summed E-state index contributed by atoms with van der Waals surface area (Å²) in [4.78, 5) is 23.2. The van der Waals surface area contributed by atoms with E-state index < -0.39 is 0 Å². The Bertz CT molecular complexity index is 489. The Balaban J connectivity index is 2.36. The molecule has 1 rings (SSSR count). The molecule has 3 N–H and O–H groups in total. The molecule has 0 aliphatic heterocycles. The Hall–Kier alpha value is -1.56. The number of rotatable bonds is 6. The van der Waals surface area contributed by atoms with Crippen molar-refractivity contribution in [3.05, 3.63) is 28.2 Å². The number of phenolic OH excluding ortho intramolecular Hbond substituents is 1. The quantitative estimate of drug-likeness (QED) is 0.740. The first-order valence-electron chi connectivity index (χ1n) is 6.43. The fraction of sp³-hybridized carbons (Fsp3) is 0.429. The van der Waals surface area contributed by atoms with Crippen molar-refractivity contribution in [2.45, 2.75) is 20.3 Å². The Kier molecular flexibility index (Phi) is 6.51. The van der Waals surface area contributed by atoms with E-state index in [1.54, 1.807) is 12.1 Å². The molecule has 0 aliphatic rings. The molecule has 0 bridgehead atoms. The number of nitrogens with one attached hydrogen (secondary N) is 2. The topological polar surface area (TPSA) is 78.4 Å². The van der Waals surface area contributed by atoms with Gasteiger partial charge >= 0.3 is 0 Å². The third-order valence-corrected chi connectivity index (χ3v) is 3.22. The molecular formula is C14H19BrN2O3. The predicted octanol–water partition coefficient (Wildman–Crippen LogP) is 2.05. The number of hydrogen-bond donors (Lipinski definition) is 3. The highest BCUT2D eigenvalue weighted by atomic mass is 79.9. The van der Waals surface area contributed by atoms with Crippen molar-refractivity contribution in [2.75, 3.05) is 13.1 Å². The highest BCUT2D eigenvalue weighted by Gasteiger charge is 2.09. The van der Waals surface area contributed by atoms with Crippen LogP contribution in [0.3, 0.4) is 0 Å².